The van der Waals surface area contributed by atoms with Crippen molar-refractivity contribution in [3.05, 3.63) is 57.5 Å². The molecule has 23 heavy (non-hydrogen) atoms. The van der Waals surface area contributed by atoms with Crippen LogP contribution in [0.2, 0.25) is 0 Å². The zero-order valence-corrected chi connectivity index (χ0v) is 13.5. The Balaban J connectivity index is 1.93. The molecule has 0 aliphatic heterocycles. The van der Waals surface area contributed by atoms with E-state index in [4.69, 9.17) is 5.73 Å². The van der Waals surface area contributed by atoms with E-state index in [2.05, 4.69) is 10.6 Å². The maximum absolute atomic E-state index is 13.5. The number of thiophene rings is 1. The number of carbonyl (C=O) groups is 2. The summed E-state index contributed by atoms with van der Waals surface area (Å²) < 4.78 is 13.5. The van der Waals surface area contributed by atoms with Crippen molar-refractivity contribution in [1.29, 1.82) is 0 Å². The zero-order chi connectivity index (χ0) is 16.8. The maximum Gasteiger partial charge on any atom is 0.312 e. The van der Waals surface area contributed by atoms with E-state index in [0.717, 1.165) is 4.88 Å². The third kappa shape index (κ3) is 5.07. The average Bonchev–Trinajstić information content (AvgIpc) is 3.01. The Hall–Kier alpha value is -2.41. The molecule has 1 aromatic heterocycles. The molecule has 1 aromatic carbocycles. The molecule has 0 aliphatic rings. The molecule has 1 atom stereocenters. The topological polar surface area (TPSA) is 84.2 Å². The number of aryl methyl sites for hydroxylation is 1. The first kappa shape index (κ1) is 17.0. The fraction of sp³-hybridized carbons (Fsp3) is 0.250. The number of primary amides is 1. The smallest absolute Gasteiger partial charge is 0.312 e. The van der Waals surface area contributed by atoms with Crippen LogP contribution in [0, 0.1) is 12.7 Å². The number of benzene rings is 1. The van der Waals surface area contributed by atoms with Crippen LogP contribution in [0.3, 0.4) is 0 Å². The third-order valence-electron chi connectivity index (χ3n) is 3.32. The summed E-state index contributed by atoms with van der Waals surface area (Å²) >= 11 is 1.43. The number of amides is 3. The number of hydrogen-bond acceptors (Lipinski definition) is 3. The fourth-order valence-electron chi connectivity index (χ4n) is 2.09. The Morgan fingerprint density at radius 3 is 2.74 bits per heavy atom. The summed E-state index contributed by atoms with van der Waals surface area (Å²) in [6.45, 7) is 1.91. The number of rotatable bonds is 6. The minimum Gasteiger partial charge on any atom is -0.352 e. The molecule has 0 bridgehead atoms. The highest BCUT2D eigenvalue weighted by atomic mass is 32.1. The molecular formula is C16H18FN3O2S. The molecule has 1 unspecified atom stereocenters. The molecule has 0 aliphatic carbocycles. The molecule has 2 aromatic rings. The van der Waals surface area contributed by atoms with Gasteiger partial charge in [-0.05, 0) is 35.6 Å². The Morgan fingerprint density at radius 2 is 2.13 bits per heavy atom. The quantitative estimate of drug-likeness (QED) is 0.758. The lowest BCUT2D eigenvalue weighted by Gasteiger charge is -2.16. The van der Waals surface area contributed by atoms with E-state index in [9.17, 15) is 14.0 Å². The molecule has 0 saturated heterocycles. The standard InChI is InChI=1S/C16H18FN3O2S/c1-10-4-5-11(7-12(10)17)9-19-15(21)8-13(20-16(18)22)14-3-2-6-23-14/h2-7,13H,8-9H2,1H3,(H,19,21)(H3,18,20,22). The maximum atomic E-state index is 13.5. The summed E-state index contributed by atoms with van der Waals surface area (Å²) in [5.74, 6) is -0.554. The van der Waals surface area contributed by atoms with Gasteiger partial charge in [-0.1, -0.05) is 18.2 Å². The van der Waals surface area contributed by atoms with Gasteiger partial charge >= 0.3 is 6.03 Å². The van der Waals surface area contributed by atoms with Gasteiger partial charge in [-0.15, -0.1) is 11.3 Å². The van der Waals surface area contributed by atoms with Crippen molar-refractivity contribution >= 4 is 23.3 Å². The van der Waals surface area contributed by atoms with E-state index in [-0.39, 0.29) is 24.7 Å². The normalized spacial score (nSPS) is 11.7. The van der Waals surface area contributed by atoms with Gasteiger partial charge in [0.25, 0.3) is 0 Å². The molecule has 0 saturated carbocycles. The molecule has 2 rings (SSSR count). The van der Waals surface area contributed by atoms with Crippen molar-refractivity contribution in [3.63, 3.8) is 0 Å². The van der Waals surface area contributed by atoms with Crippen molar-refractivity contribution in [2.45, 2.75) is 25.9 Å². The van der Waals surface area contributed by atoms with Gasteiger partial charge < -0.3 is 16.4 Å². The van der Waals surface area contributed by atoms with Gasteiger partial charge in [-0.3, -0.25) is 4.79 Å². The second-order valence-electron chi connectivity index (χ2n) is 5.14. The van der Waals surface area contributed by atoms with E-state index in [1.165, 1.54) is 17.4 Å². The number of halogens is 1. The highest BCUT2D eigenvalue weighted by Crippen LogP contribution is 2.21. The molecule has 4 N–H and O–H groups in total. The lowest BCUT2D eigenvalue weighted by molar-refractivity contribution is -0.121. The summed E-state index contributed by atoms with van der Waals surface area (Å²) in [7, 11) is 0. The van der Waals surface area contributed by atoms with Crippen LogP contribution < -0.4 is 16.4 Å². The van der Waals surface area contributed by atoms with E-state index in [1.807, 2.05) is 17.5 Å². The van der Waals surface area contributed by atoms with E-state index in [0.29, 0.717) is 11.1 Å². The van der Waals surface area contributed by atoms with Gasteiger partial charge in [-0.25, -0.2) is 9.18 Å². The zero-order valence-electron chi connectivity index (χ0n) is 12.6. The van der Waals surface area contributed by atoms with E-state index >= 15 is 0 Å². The summed E-state index contributed by atoms with van der Waals surface area (Å²) in [4.78, 5) is 24.0. The van der Waals surface area contributed by atoms with Crippen LogP contribution in [-0.4, -0.2) is 11.9 Å². The van der Waals surface area contributed by atoms with E-state index in [1.54, 1.807) is 19.1 Å². The van der Waals surface area contributed by atoms with Crippen molar-refractivity contribution in [2.24, 2.45) is 5.73 Å². The monoisotopic (exact) mass is 335 g/mol. The molecule has 5 nitrogen and oxygen atoms in total. The predicted molar refractivity (Wildman–Crippen MR) is 87.4 cm³/mol. The fourth-order valence-corrected chi connectivity index (χ4v) is 2.87. The van der Waals surface area contributed by atoms with Crippen molar-refractivity contribution in [1.82, 2.24) is 10.6 Å². The Bertz CT molecular complexity index is 689. The van der Waals surface area contributed by atoms with Gasteiger partial charge in [0.1, 0.15) is 5.82 Å². The summed E-state index contributed by atoms with van der Waals surface area (Å²) in [6.07, 6.45) is 0.0673. The summed E-state index contributed by atoms with van der Waals surface area (Å²) in [5, 5.41) is 7.13. The molecule has 1 heterocycles. The molecule has 0 fully saturated rings. The number of nitrogens with two attached hydrogens (primary N) is 1. The van der Waals surface area contributed by atoms with Crippen LogP contribution in [0.5, 0.6) is 0 Å². The van der Waals surface area contributed by atoms with Gasteiger partial charge in [0.05, 0.1) is 12.5 Å². The SMILES string of the molecule is Cc1ccc(CNC(=O)CC(NC(N)=O)c2cccs2)cc1F. The van der Waals surface area contributed by atoms with Gasteiger partial charge in [0.2, 0.25) is 5.91 Å². The van der Waals surface area contributed by atoms with Gasteiger partial charge in [0.15, 0.2) is 0 Å². The van der Waals surface area contributed by atoms with Crippen LogP contribution in [0.1, 0.15) is 28.5 Å². The Labute approximate surface area is 137 Å². The molecular weight excluding hydrogens is 317 g/mol. The van der Waals surface area contributed by atoms with Gasteiger partial charge in [0, 0.05) is 11.4 Å². The molecule has 122 valence electrons. The van der Waals surface area contributed by atoms with Crippen molar-refractivity contribution in [2.75, 3.05) is 0 Å². The third-order valence-corrected chi connectivity index (χ3v) is 4.30. The molecule has 3 amide bonds. The Kier molecular flexibility index (Phi) is 5.70. The first-order chi connectivity index (χ1) is 11.0. The molecule has 0 spiro atoms. The van der Waals surface area contributed by atoms with Crippen LogP contribution in [0.4, 0.5) is 9.18 Å². The minimum absolute atomic E-state index is 0.0673. The first-order valence-electron chi connectivity index (χ1n) is 7.07. The highest BCUT2D eigenvalue weighted by molar-refractivity contribution is 7.10. The predicted octanol–water partition coefficient (Wildman–Crippen LogP) is 2.61. The van der Waals surface area contributed by atoms with E-state index < -0.39 is 12.1 Å². The highest BCUT2D eigenvalue weighted by Gasteiger charge is 2.18. The minimum atomic E-state index is -0.684. The number of carbonyl (C=O) groups excluding carboxylic acids is 2. The summed E-state index contributed by atoms with van der Waals surface area (Å²) in [6, 6.07) is 7.33. The van der Waals surface area contributed by atoms with Crippen LogP contribution >= 0.6 is 11.3 Å². The van der Waals surface area contributed by atoms with Crippen molar-refractivity contribution < 1.29 is 14.0 Å². The molecule has 7 heteroatoms. The summed E-state index contributed by atoms with van der Waals surface area (Å²) in [5.41, 5.74) is 6.39. The second kappa shape index (κ2) is 7.73. The van der Waals surface area contributed by atoms with Gasteiger partial charge in [-0.2, -0.15) is 0 Å². The lowest BCUT2D eigenvalue weighted by Crippen LogP contribution is -2.36. The first-order valence-corrected chi connectivity index (χ1v) is 7.95. The number of urea groups is 1. The largest absolute Gasteiger partial charge is 0.352 e. The average molecular weight is 335 g/mol. The molecule has 0 radical (unpaired) electrons. The van der Waals surface area contributed by atoms with Crippen molar-refractivity contribution in [3.8, 4) is 0 Å². The van der Waals surface area contributed by atoms with Crippen LogP contribution in [0.15, 0.2) is 35.7 Å². The number of hydrogen-bond donors (Lipinski definition) is 3. The lowest BCUT2D eigenvalue weighted by atomic mass is 10.1. The number of nitrogens with one attached hydrogen (secondary N) is 2. The van der Waals surface area contributed by atoms with Crippen LogP contribution in [0.25, 0.3) is 0 Å². The Morgan fingerprint density at radius 1 is 1.35 bits per heavy atom. The van der Waals surface area contributed by atoms with Crippen LogP contribution in [-0.2, 0) is 11.3 Å². The second-order valence-corrected chi connectivity index (χ2v) is 6.12.